The number of hydrogen-bond donors (Lipinski definition) is 5. The summed E-state index contributed by atoms with van der Waals surface area (Å²) in [6.45, 7) is 3.14. The molecule has 47 heavy (non-hydrogen) atoms. The van der Waals surface area contributed by atoms with Gasteiger partial charge in [0, 0.05) is 34.7 Å². The fourth-order valence-corrected chi connectivity index (χ4v) is 5.80. The zero-order valence-electron chi connectivity index (χ0n) is 26.2. The van der Waals surface area contributed by atoms with E-state index in [-0.39, 0.29) is 29.8 Å². The number of rotatable bonds is 10. The highest BCUT2D eigenvalue weighted by molar-refractivity contribution is 5.99. The number of aryl methyl sites for hydroxylation is 1. The van der Waals surface area contributed by atoms with Crippen LogP contribution in [0.5, 0.6) is 0 Å². The number of H-pyrrole nitrogens is 1. The topological polar surface area (TPSA) is 155 Å². The van der Waals surface area contributed by atoms with E-state index in [1.807, 2.05) is 35.6 Å². The monoisotopic (exact) mass is 649 g/mol. The molecule has 13 heteroatoms. The summed E-state index contributed by atoms with van der Waals surface area (Å²) in [6.07, 6.45) is 0.566. The highest BCUT2D eigenvalue weighted by Crippen LogP contribution is 2.29. The Morgan fingerprint density at radius 2 is 1.72 bits per heavy atom. The average Bonchev–Trinajstić information content (AvgIpc) is 3.52. The fraction of sp³-hybridized carbons (Fsp3) is 0.382. The summed E-state index contributed by atoms with van der Waals surface area (Å²) in [6, 6.07) is 12.9. The lowest BCUT2D eigenvalue weighted by molar-refractivity contribution is -0.149. The smallest absolute Gasteiger partial charge is 0.344 e. The van der Waals surface area contributed by atoms with Gasteiger partial charge in [-0.2, -0.15) is 18.3 Å². The van der Waals surface area contributed by atoms with Crippen LogP contribution in [0.15, 0.2) is 60.8 Å². The highest BCUT2D eigenvalue weighted by atomic mass is 19.4. The van der Waals surface area contributed by atoms with Gasteiger partial charge in [-0.25, -0.2) is 4.98 Å². The van der Waals surface area contributed by atoms with E-state index in [0.29, 0.717) is 29.4 Å². The minimum absolute atomic E-state index is 0.119. The van der Waals surface area contributed by atoms with E-state index >= 15 is 0 Å². The predicted molar refractivity (Wildman–Crippen MR) is 172 cm³/mol. The summed E-state index contributed by atoms with van der Waals surface area (Å²) in [5.74, 6) is -1.20. The number of amides is 3. The van der Waals surface area contributed by atoms with E-state index in [1.54, 1.807) is 31.3 Å². The first-order valence-electron chi connectivity index (χ1n) is 15.6. The van der Waals surface area contributed by atoms with E-state index in [4.69, 9.17) is 5.73 Å². The van der Waals surface area contributed by atoms with Crippen molar-refractivity contribution in [3.63, 3.8) is 0 Å². The molecular weight excluding hydrogens is 611 g/mol. The van der Waals surface area contributed by atoms with Crippen molar-refractivity contribution >= 4 is 34.3 Å². The van der Waals surface area contributed by atoms with Crippen molar-refractivity contribution in [1.82, 2.24) is 25.8 Å². The summed E-state index contributed by atoms with van der Waals surface area (Å²) in [5, 5.41) is 15.6. The number of hydrogen-bond acceptors (Lipinski definition) is 6. The molecule has 1 fully saturated rings. The highest BCUT2D eigenvalue weighted by Gasteiger charge is 2.37. The number of aromatic nitrogens is 3. The molecule has 2 unspecified atom stereocenters. The van der Waals surface area contributed by atoms with Crippen molar-refractivity contribution in [2.45, 2.75) is 64.2 Å². The fourth-order valence-electron chi connectivity index (χ4n) is 5.80. The molecule has 10 nitrogen and oxygen atoms in total. The van der Waals surface area contributed by atoms with Crippen molar-refractivity contribution < 1.29 is 27.6 Å². The maximum Gasteiger partial charge on any atom is 0.408 e. The van der Waals surface area contributed by atoms with Crippen LogP contribution in [-0.4, -0.2) is 57.7 Å². The second-order valence-electron chi connectivity index (χ2n) is 12.1. The number of alkyl halides is 3. The van der Waals surface area contributed by atoms with Crippen LogP contribution in [0.1, 0.15) is 54.4 Å². The molecule has 1 saturated carbocycles. The van der Waals surface area contributed by atoms with Gasteiger partial charge in [0.2, 0.25) is 11.8 Å². The van der Waals surface area contributed by atoms with Crippen LogP contribution in [0, 0.1) is 18.8 Å². The predicted octanol–water partition coefficient (Wildman–Crippen LogP) is 5.05. The van der Waals surface area contributed by atoms with Crippen LogP contribution >= 0.6 is 0 Å². The number of carbonyl (C=O) groups is 3. The first kappa shape index (κ1) is 33.6. The average molecular weight is 650 g/mol. The minimum atomic E-state index is -4.56. The molecule has 1 aliphatic rings. The second kappa shape index (κ2) is 14.3. The molecule has 0 bridgehead atoms. The maximum atomic E-state index is 13.6. The number of carbonyl (C=O) groups excluding carboxylic acids is 3. The van der Waals surface area contributed by atoms with Gasteiger partial charge in [0.15, 0.2) is 0 Å². The van der Waals surface area contributed by atoms with E-state index in [0.717, 1.165) is 54.6 Å². The Balaban J connectivity index is 1.30. The van der Waals surface area contributed by atoms with Crippen LogP contribution in [0.3, 0.4) is 0 Å². The van der Waals surface area contributed by atoms with Gasteiger partial charge in [-0.05, 0) is 87.4 Å². The molecule has 6 N–H and O–H groups in total. The van der Waals surface area contributed by atoms with Gasteiger partial charge in [-0.3, -0.25) is 19.5 Å². The number of nitrogens with two attached hydrogens (primary N) is 1. The van der Waals surface area contributed by atoms with Crippen LogP contribution in [0.2, 0.25) is 0 Å². The van der Waals surface area contributed by atoms with Crippen LogP contribution in [-0.2, 0) is 16.0 Å². The number of nitrogens with one attached hydrogen (secondary N) is 4. The van der Waals surface area contributed by atoms with Gasteiger partial charge in [0.05, 0.1) is 11.7 Å². The minimum Gasteiger partial charge on any atom is -0.344 e. The molecule has 1 aliphatic carbocycles. The normalized spacial score (nSPS) is 17.9. The molecule has 0 saturated heterocycles. The Morgan fingerprint density at radius 1 is 1.00 bits per heavy atom. The zero-order chi connectivity index (χ0) is 33.7. The van der Waals surface area contributed by atoms with Gasteiger partial charge < -0.3 is 21.7 Å². The number of anilines is 1. The third kappa shape index (κ3) is 8.33. The number of halogens is 3. The van der Waals surface area contributed by atoms with Crippen LogP contribution in [0.25, 0.3) is 22.0 Å². The Morgan fingerprint density at radius 3 is 2.38 bits per heavy atom. The van der Waals surface area contributed by atoms with E-state index in [9.17, 15) is 27.6 Å². The van der Waals surface area contributed by atoms with Gasteiger partial charge in [0.1, 0.15) is 17.8 Å². The lowest BCUT2D eigenvalue weighted by Gasteiger charge is -2.28. The summed E-state index contributed by atoms with van der Waals surface area (Å²) >= 11 is 0. The lowest BCUT2D eigenvalue weighted by atomic mass is 9.81. The second-order valence-corrected chi connectivity index (χ2v) is 12.1. The Bertz CT molecular complexity index is 1730. The number of fused-ring (bicyclic) bond motifs is 1. The van der Waals surface area contributed by atoms with Gasteiger partial charge in [-0.1, -0.05) is 30.3 Å². The maximum absolute atomic E-state index is 13.6. The third-order valence-electron chi connectivity index (χ3n) is 8.76. The van der Waals surface area contributed by atoms with E-state index < -0.39 is 24.2 Å². The molecule has 2 aromatic heterocycles. The summed E-state index contributed by atoms with van der Waals surface area (Å²) < 4.78 is 38.6. The number of aromatic amines is 1. The van der Waals surface area contributed by atoms with Crippen molar-refractivity contribution in [2.75, 3.05) is 11.9 Å². The molecule has 248 valence electrons. The Hall–Kier alpha value is -4.78. The Labute approximate surface area is 270 Å². The van der Waals surface area contributed by atoms with Crippen molar-refractivity contribution in [1.29, 1.82) is 0 Å². The first-order valence-corrected chi connectivity index (χ1v) is 15.6. The molecule has 0 radical (unpaired) electrons. The molecule has 0 aliphatic heterocycles. The standard InChI is InChI=1S/C34H38F3N7O3/c1-19-27(13-14-28(40-19)32(46)41-20(2)34(35,36)37)23-7-3-21(4-8-23)15-30(43-31(45)24-9-5-22(17-38)6-10-24)33(47)42-26-12-11-25-18-39-44-29(25)16-26/h3-4,7-8,11-14,16,18,20,22,24,30H,5-6,9-10,15,17,38H2,1-2H3,(H,39,44)(H,41,46)(H,42,47)(H,43,45). The molecule has 5 rings (SSSR count). The van der Waals surface area contributed by atoms with E-state index in [2.05, 4.69) is 25.8 Å². The molecule has 2 atom stereocenters. The summed E-state index contributed by atoms with van der Waals surface area (Å²) in [4.78, 5) is 43.5. The molecule has 4 aromatic rings. The molecular formula is C34H38F3N7O3. The van der Waals surface area contributed by atoms with Crippen molar-refractivity contribution in [3.8, 4) is 11.1 Å². The number of pyridine rings is 1. The zero-order valence-corrected chi connectivity index (χ0v) is 26.2. The number of nitrogens with zero attached hydrogens (tertiary/aromatic N) is 2. The summed E-state index contributed by atoms with van der Waals surface area (Å²) in [7, 11) is 0. The van der Waals surface area contributed by atoms with Gasteiger partial charge >= 0.3 is 6.18 Å². The Kier molecular flexibility index (Phi) is 10.2. The van der Waals surface area contributed by atoms with Crippen LogP contribution in [0.4, 0.5) is 18.9 Å². The third-order valence-corrected chi connectivity index (χ3v) is 8.76. The molecule has 2 aromatic carbocycles. The molecule has 0 spiro atoms. The SMILES string of the molecule is Cc1nc(C(=O)NC(C)C(F)(F)F)ccc1-c1ccc(CC(NC(=O)C2CCC(CN)CC2)C(=O)Nc2ccc3cn[nH]c3c2)cc1. The first-order chi connectivity index (χ1) is 22.4. The van der Waals surface area contributed by atoms with Gasteiger partial charge in [-0.15, -0.1) is 0 Å². The summed E-state index contributed by atoms with van der Waals surface area (Å²) in [5.41, 5.74) is 9.77. The van der Waals surface area contributed by atoms with Crippen LogP contribution < -0.4 is 21.7 Å². The number of benzene rings is 2. The lowest BCUT2D eigenvalue weighted by Crippen LogP contribution is -2.48. The molecule has 2 heterocycles. The van der Waals surface area contributed by atoms with Crippen molar-refractivity contribution in [3.05, 3.63) is 77.7 Å². The molecule has 3 amide bonds. The van der Waals surface area contributed by atoms with Crippen molar-refractivity contribution in [2.24, 2.45) is 17.6 Å². The van der Waals surface area contributed by atoms with Gasteiger partial charge in [0.25, 0.3) is 5.91 Å². The quantitative estimate of drug-likeness (QED) is 0.162. The largest absolute Gasteiger partial charge is 0.408 e. The van der Waals surface area contributed by atoms with E-state index in [1.165, 1.54) is 6.07 Å².